The summed E-state index contributed by atoms with van der Waals surface area (Å²) in [6.07, 6.45) is 0.341. The molecule has 1 atom stereocenters. The van der Waals surface area contributed by atoms with Gasteiger partial charge < -0.3 is 15.8 Å². The number of nitro groups is 1. The summed E-state index contributed by atoms with van der Waals surface area (Å²) in [7, 11) is 1.63. The molecule has 0 aliphatic rings. The van der Waals surface area contributed by atoms with E-state index in [-0.39, 0.29) is 16.8 Å². The molecule has 1 aromatic rings. The lowest BCUT2D eigenvalue weighted by Gasteiger charge is -2.25. The number of hydrogen-bond donors (Lipinski definition) is 2. The molecule has 0 aliphatic carbocycles. The first kappa shape index (κ1) is 16.4. The summed E-state index contributed by atoms with van der Waals surface area (Å²) in [5, 5.41) is 13.6. The molecular weight excluding hydrogens is 330 g/mol. The van der Waals surface area contributed by atoms with E-state index in [2.05, 4.69) is 21.2 Å². The first-order valence-electron chi connectivity index (χ1n) is 5.86. The molecular formula is C12H16BrN3O4. The molecule has 0 fully saturated rings. The highest BCUT2D eigenvalue weighted by atomic mass is 79.9. The highest BCUT2D eigenvalue weighted by molar-refractivity contribution is 9.10. The minimum Gasteiger partial charge on any atom is -0.492 e. The average Bonchev–Trinajstić information content (AvgIpc) is 2.39. The molecule has 1 aromatic carbocycles. The normalized spacial score (nSPS) is 13.6. The molecule has 1 rings (SSSR count). The monoisotopic (exact) mass is 345 g/mol. The highest BCUT2D eigenvalue weighted by Gasteiger charge is 2.29. The van der Waals surface area contributed by atoms with E-state index in [1.807, 2.05) is 0 Å². The van der Waals surface area contributed by atoms with Gasteiger partial charge in [-0.25, -0.2) is 0 Å². The number of amides is 1. The van der Waals surface area contributed by atoms with Crippen molar-refractivity contribution in [3.05, 3.63) is 32.8 Å². The maximum atomic E-state index is 11.3. The van der Waals surface area contributed by atoms with Crippen LogP contribution in [0.4, 0.5) is 5.69 Å². The summed E-state index contributed by atoms with van der Waals surface area (Å²) in [5.41, 5.74) is 4.34. The van der Waals surface area contributed by atoms with Crippen molar-refractivity contribution in [2.24, 2.45) is 5.73 Å². The number of hydrogen-bond acceptors (Lipinski definition) is 5. The van der Waals surface area contributed by atoms with Crippen molar-refractivity contribution in [1.82, 2.24) is 5.32 Å². The Kier molecular flexibility index (Phi) is 5.46. The van der Waals surface area contributed by atoms with Crippen molar-refractivity contribution >= 4 is 27.5 Å². The number of likely N-dealkylation sites (N-methyl/N-ethyl adjacent to an activating group) is 1. The Balaban J connectivity index is 2.74. The van der Waals surface area contributed by atoms with Gasteiger partial charge in [-0.3, -0.25) is 14.9 Å². The summed E-state index contributed by atoms with van der Waals surface area (Å²) in [4.78, 5) is 21.6. The van der Waals surface area contributed by atoms with Gasteiger partial charge in [-0.2, -0.15) is 0 Å². The first-order chi connectivity index (χ1) is 9.31. The molecule has 0 aliphatic heterocycles. The molecule has 0 bridgehead atoms. The molecule has 20 heavy (non-hydrogen) atoms. The van der Waals surface area contributed by atoms with E-state index in [1.165, 1.54) is 12.1 Å². The van der Waals surface area contributed by atoms with Crippen molar-refractivity contribution in [1.29, 1.82) is 0 Å². The fourth-order valence-corrected chi connectivity index (χ4v) is 2.01. The lowest BCUT2D eigenvalue weighted by Crippen LogP contribution is -2.52. The lowest BCUT2D eigenvalue weighted by molar-refractivity contribution is -0.385. The molecule has 110 valence electrons. The number of nitro benzene ring substituents is 1. The lowest BCUT2D eigenvalue weighted by atomic mass is 9.98. The van der Waals surface area contributed by atoms with Crippen LogP contribution in [0.3, 0.4) is 0 Å². The van der Waals surface area contributed by atoms with E-state index in [4.69, 9.17) is 10.5 Å². The van der Waals surface area contributed by atoms with Crippen molar-refractivity contribution < 1.29 is 14.5 Å². The van der Waals surface area contributed by atoms with E-state index in [0.29, 0.717) is 12.2 Å². The molecule has 0 radical (unpaired) electrons. The van der Waals surface area contributed by atoms with E-state index in [9.17, 15) is 14.9 Å². The second-order valence-electron chi connectivity index (χ2n) is 4.39. The van der Waals surface area contributed by atoms with Gasteiger partial charge in [0.1, 0.15) is 10.2 Å². The van der Waals surface area contributed by atoms with E-state index < -0.39 is 16.4 Å². The Morgan fingerprint density at radius 2 is 2.25 bits per heavy atom. The third-order valence-electron chi connectivity index (χ3n) is 3.09. The largest absolute Gasteiger partial charge is 0.492 e. The fourth-order valence-electron chi connectivity index (χ4n) is 1.49. The van der Waals surface area contributed by atoms with Crippen LogP contribution in [0.5, 0.6) is 5.75 Å². The Morgan fingerprint density at radius 1 is 1.60 bits per heavy atom. The molecule has 3 N–H and O–H groups in total. The number of rotatable bonds is 7. The van der Waals surface area contributed by atoms with Crippen LogP contribution in [0.2, 0.25) is 0 Å². The van der Waals surface area contributed by atoms with Crippen molar-refractivity contribution in [2.75, 3.05) is 13.7 Å². The number of halogens is 1. The summed E-state index contributed by atoms with van der Waals surface area (Å²) < 4.78 is 5.75. The molecule has 0 heterocycles. The van der Waals surface area contributed by atoms with Crippen LogP contribution in [0.15, 0.2) is 22.7 Å². The zero-order valence-electron chi connectivity index (χ0n) is 11.2. The third kappa shape index (κ3) is 3.67. The smallest absolute Gasteiger partial charge is 0.287 e. The maximum absolute atomic E-state index is 11.3. The molecule has 0 saturated heterocycles. The van der Waals surface area contributed by atoms with E-state index in [1.54, 1.807) is 20.0 Å². The number of primary amides is 1. The van der Waals surface area contributed by atoms with Crippen LogP contribution < -0.4 is 15.8 Å². The first-order valence-corrected chi connectivity index (χ1v) is 6.65. The Labute approximate surface area is 124 Å². The van der Waals surface area contributed by atoms with Gasteiger partial charge in [0.25, 0.3) is 5.69 Å². The predicted octanol–water partition coefficient (Wildman–Crippen LogP) is 1.59. The summed E-state index contributed by atoms with van der Waals surface area (Å²) in [5.74, 6) is -0.135. The number of nitrogens with zero attached hydrogens (tertiary/aromatic N) is 1. The van der Waals surface area contributed by atoms with Gasteiger partial charge in [-0.1, -0.05) is 6.07 Å². The van der Waals surface area contributed by atoms with Gasteiger partial charge in [0.15, 0.2) is 0 Å². The maximum Gasteiger partial charge on any atom is 0.287 e. The Bertz CT molecular complexity index is 523. The van der Waals surface area contributed by atoms with Crippen molar-refractivity contribution in [3.63, 3.8) is 0 Å². The third-order valence-corrected chi connectivity index (χ3v) is 3.89. The number of nitrogens with two attached hydrogens (primary N) is 1. The number of carbonyl (C=O) groups is 1. The van der Waals surface area contributed by atoms with Crippen LogP contribution >= 0.6 is 15.9 Å². The summed E-state index contributed by atoms with van der Waals surface area (Å²) >= 11 is 3.13. The van der Waals surface area contributed by atoms with Crippen LogP contribution in [0.25, 0.3) is 0 Å². The van der Waals surface area contributed by atoms with Gasteiger partial charge in [0.2, 0.25) is 5.91 Å². The van der Waals surface area contributed by atoms with Gasteiger partial charge in [-0.05, 0) is 36.0 Å². The van der Waals surface area contributed by atoms with Gasteiger partial charge in [0.05, 0.1) is 17.1 Å². The Morgan fingerprint density at radius 3 is 2.75 bits per heavy atom. The zero-order valence-corrected chi connectivity index (χ0v) is 12.8. The fraction of sp³-hybridized carbons (Fsp3) is 0.417. The molecule has 7 nitrogen and oxygen atoms in total. The van der Waals surface area contributed by atoms with Crippen LogP contribution in [0.1, 0.15) is 13.3 Å². The summed E-state index contributed by atoms with van der Waals surface area (Å²) in [6, 6.07) is 4.51. The highest BCUT2D eigenvalue weighted by Crippen LogP contribution is 2.33. The molecule has 0 saturated carbocycles. The molecule has 8 heteroatoms. The molecule has 1 amide bonds. The van der Waals surface area contributed by atoms with Crippen molar-refractivity contribution in [3.8, 4) is 5.75 Å². The minimum absolute atomic E-state index is 0.0752. The van der Waals surface area contributed by atoms with Gasteiger partial charge >= 0.3 is 0 Å². The topological polar surface area (TPSA) is 107 Å². The second-order valence-corrected chi connectivity index (χ2v) is 5.18. The standard InChI is InChI=1S/C12H16BrN3O4/c1-12(15-2,11(14)17)6-7-20-9-5-3-4-8(10(9)13)16(18)19/h3-5,15H,6-7H2,1-2H3,(H2,14,17). The summed E-state index contributed by atoms with van der Waals surface area (Å²) in [6.45, 7) is 1.86. The second kappa shape index (κ2) is 6.67. The van der Waals surface area contributed by atoms with Crippen LogP contribution in [-0.4, -0.2) is 30.0 Å². The molecule has 0 spiro atoms. The van der Waals surface area contributed by atoms with Gasteiger partial charge in [-0.15, -0.1) is 0 Å². The molecule has 1 unspecified atom stereocenters. The predicted molar refractivity (Wildman–Crippen MR) is 77.6 cm³/mol. The van der Waals surface area contributed by atoms with Crippen LogP contribution in [0, 0.1) is 10.1 Å². The van der Waals surface area contributed by atoms with E-state index >= 15 is 0 Å². The number of nitrogens with one attached hydrogen (secondary N) is 1. The number of ether oxygens (including phenoxy) is 1. The minimum atomic E-state index is -0.882. The zero-order chi connectivity index (χ0) is 15.3. The SMILES string of the molecule is CNC(C)(CCOc1cccc([N+](=O)[O-])c1Br)C(N)=O. The van der Waals surface area contributed by atoms with Crippen molar-refractivity contribution in [2.45, 2.75) is 18.9 Å². The number of benzene rings is 1. The van der Waals surface area contributed by atoms with Crippen LogP contribution in [-0.2, 0) is 4.79 Å². The molecule has 0 aromatic heterocycles. The van der Waals surface area contributed by atoms with Gasteiger partial charge in [0, 0.05) is 12.5 Å². The average molecular weight is 346 g/mol. The van der Waals surface area contributed by atoms with E-state index in [0.717, 1.165) is 0 Å². The quantitative estimate of drug-likeness (QED) is 0.576. The Hall–Kier alpha value is -1.67. The number of carbonyl (C=O) groups excluding carboxylic acids is 1.